The maximum absolute atomic E-state index is 4.60. The summed E-state index contributed by atoms with van der Waals surface area (Å²) in [6, 6.07) is 10.5. The van der Waals surface area contributed by atoms with Crippen molar-refractivity contribution in [2.75, 3.05) is 11.9 Å². The SMILES string of the molecule is CCCNc1cc(-c2cccc3ccsc23)nc(C)n1. The van der Waals surface area contributed by atoms with Crippen LogP contribution in [0.4, 0.5) is 5.82 Å². The first-order chi connectivity index (χ1) is 9.78. The molecule has 20 heavy (non-hydrogen) atoms. The lowest BCUT2D eigenvalue weighted by Gasteiger charge is -2.08. The second-order valence-electron chi connectivity index (χ2n) is 4.76. The fourth-order valence-corrected chi connectivity index (χ4v) is 3.17. The third-order valence-corrected chi connectivity index (χ3v) is 4.11. The van der Waals surface area contributed by atoms with Crippen molar-refractivity contribution in [1.29, 1.82) is 0 Å². The highest BCUT2D eigenvalue weighted by atomic mass is 32.1. The van der Waals surface area contributed by atoms with E-state index in [2.05, 4.69) is 51.9 Å². The molecule has 0 fully saturated rings. The number of nitrogens with zero attached hydrogens (tertiary/aromatic N) is 2. The van der Waals surface area contributed by atoms with Gasteiger partial charge < -0.3 is 5.32 Å². The summed E-state index contributed by atoms with van der Waals surface area (Å²) >= 11 is 1.76. The van der Waals surface area contributed by atoms with Crippen LogP contribution in [0.5, 0.6) is 0 Å². The summed E-state index contributed by atoms with van der Waals surface area (Å²) in [4.78, 5) is 9.04. The molecule has 0 saturated carbocycles. The maximum Gasteiger partial charge on any atom is 0.130 e. The molecule has 1 N–H and O–H groups in total. The lowest BCUT2D eigenvalue weighted by atomic mass is 10.1. The molecule has 0 aliphatic rings. The van der Waals surface area contributed by atoms with Crippen LogP contribution in [0.25, 0.3) is 21.3 Å². The van der Waals surface area contributed by atoms with E-state index in [1.165, 1.54) is 15.6 Å². The molecule has 2 aromatic heterocycles. The molecular formula is C16H17N3S. The van der Waals surface area contributed by atoms with Crippen molar-refractivity contribution >= 4 is 27.2 Å². The monoisotopic (exact) mass is 283 g/mol. The van der Waals surface area contributed by atoms with E-state index in [0.717, 1.165) is 30.3 Å². The summed E-state index contributed by atoms with van der Waals surface area (Å²) in [7, 11) is 0. The molecule has 102 valence electrons. The van der Waals surface area contributed by atoms with Gasteiger partial charge in [-0.2, -0.15) is 0 Å². The molecule has 0 spiro atoms. The summed E-state index contributed by atoms with van der Waals surface area (Å²) in [5, 5.41) is 6.73. The highest BCUT2D eigenvalue weighted by Crippen LogP contribution is 2.32. The third-order valence-electron chi connectivity index (χ3n) is 3.15. The molecule has 3 nitrogen and oxygen atoms in total. The van der Waals surface area contributed by atoms with Crippen LogP contribution in [0.1, 0.15) is 19.2 Å². The Labute approximate surface area is 122 Å². The Hall–Kier alpha value is -1.94. The predicted octanol–water partition coefficient (Wildman–Crippen LogP) is 4.49. The minimum absolute atomic E-state index is 0.801. The van der Waals surface area contributed by atoms with Gasteiger partial charge in [0.05, 0.1) is 5.69 Å². The van der Waals surface area contributed by atoms with Crippen molar-refractivity contribution < 1.29 is 0 Å². The van der Waals surface area contributed by atoms with Crippen molar-refractivity contribution in [3.05, 3.63) is 41.5 Å². The number of aryl methyl sites for hydroxylation is 1. The van der Waals surface area contributed by atoms with Crippen molar-refractivity contribution in [2.24, 2.45) is 0 Å². The Morgan fingerprint density at radius 3 is 2.95 bits per heavy atom. The summed E-state index contributed by atoms with van der Waals surface area (Å²) in [5.74, 6) is 1.71. The van der Waals surface area contributed by atoms with Gasteiger partial charge in [-0.1, -0.05) is 25.1 Å². The van der Waals surface area contributed by atoms with E-state index < -0.39 is 0 Å². The zero-order valence-corrected chi connectivity index (χ0v) is 12.5. The smallest absolute Gasteiger partial charge is 0.130 e. The van der Waals surface area contributed by atoms with Gasteiger partial charge in [0.1, 0.15) is 11.6 Å². The number of rotatable bonds is 4. The number of thiophene rings is 1. The van der Waals surface area contributed by atoms with Crippen LogP contribution in [-0.2, 0) is 0 Å². The van der Waals surface area contributed by atoms with Crippen LogP contribution in [0, 0.1) is 6.92 Å². The third kappa shape index (κ3) is 2.51. The van der Waals surface area contributed by atoms with Gasteiger partial charge in [0.25, 0.3) is 0 Å². The van der Waals surface area contributed by atoms with Gasteiger partial charge >= 0.3 is 0 Å². The zero-order valence-electron chi connectivity index (χ0n) is 11.7. The van der Waals surface area contributed by atoms with Crippen molar-refractivity contribution in [1.82, 2.24) is 9.97 Å². The minimum Gasteiger partial charge on any atom is -0.370 e. The molecule has 0 aliphatic heterocycles. The van der Waals surface area contributed by atoms with E-state index in [9.17, 15) is 0 Å². The number of anilines is 1. The molecule has 0 aliphatic carbocycles. The van der Waals surface area contributed by atoms with Crippen LogP contribution >= 0.6 is 11.3 Å². The largest absolute Gasteiger partial charge is 0.370 e. The fourth-order valence-electron chi connectivity index (χ4n) is 2.24. The van der Waals surface area contributed by atoms with Gasteiger partial charge in [0, 0.05) is 22.9 Å². The zero-order chi connectivity index (χ0) is 13.9. The summed E-state index contributed by atoms with van der Waals surface area (Å²) in [5.41, 5.74) is 2.17. The van der Waals surface area contributed by atoms with E-state index in [-0.39, 0.29) is 0 Å². The summed E-state index contributed by atoms with van der Waals surface area (Å²) in [6.45, 7) is 5.02. The van der Waals surface area contributed by atoms with Crippen LogP contribution in [0.2, 0.25) is 0 Å². The first-order valence-electron chi connectivity index (χ1n) is 6.84. The topological polar surface area (TPSA) is 37.8 Å². The molecule has 2 heterocycles. The van der Waals surface area contributed by atoms with Crippen molar-refractivity contribution in [3.8, 4) is 11.3 Å². The molecule has 4 heteroatoms. The molecular weight excluding hydrogens is 266 g/mol. The predicted molar refractivity (Wildman–Crippen MR) is 86.4 cm³/mol. The first kappa shape index (κ1) is 13.1. The number of hydrogen-bond donors (Lipinski definition) is 1. The molecule has 3 aromatic rings. The standard InChI is InChI=1S/C16H17N3S/c1-3-8-17-15-10-14(18-11(2)19-15)13-6-4-5-12-7-9-20-16(12)13/h4-7,9-10H,3,8H2,1-2H3,(H,17,18,19). The number of hydrogen-bond acceptors (Lipinski definition) is 4. The van der Waals surface area contributed by atoms with Crippen LogP contribution < -0.4 is 5.32 Å². The number of benzene rings is 1. The molecule has 0 bridgehead atoms. The molecule has 0 unspecified atom stereocenters. The Bertz CT molecular complexity index is 733. The Morgan fingerprint density at radius 2 is 2.10 bits per heavy atom. The lowest BCUT2D eigenvalue weighted by Crippen LogP contribution is -2.04. The van der Waals surface area contributed by atoms with Crippen LogP contribution in [0.15, 0.2) is 35.7 Å². The molecule has 0 amide bonds. The minimum atomic E-state index is 0.801. The lowest BCUT2D eigenvalue weighted by molar-refractivity contribution is 0.955. The van der Waals surface area contributed by atoms with Gasteiger partial charge in [0.15, 0.2) is 0 Å². The van der Waals surface area contributed by atoms with Gasteiger partial charge in [-0.3, -0.25) is 0 Å². The normalized spacial score (nSPS) is 10.9. The number of aromatic nitrogens is 2. The molecule has 0 saturated heterocycles. The highest BCUT2D eigenvalue weighted by Gasteiger charge is 2.08. The first-order valence-corrected chi connectivity index (χ1v) is 7.72. The van der Waals surface area contributed by atoms with Crippen molar-refractivity contribution in [3.63, 3.8) is 0 Å². The van der Waals surface area contributed by atoms with E-state index in [0.29, 0.717) is 0 Å². The second kappa shape index (κ2) is 5.59. The Balaban J connectivity index is 2.09. The van der Waals surface area contributed by atoms with Gasteiger partial charge in [-0.25, -0.2) is 9.97 Å². The molecule has 1 aromatic carbocycles. The van der Waals surface area contributed by atoms with Crippen LogP contribution in [0.3, 0.4) is 0 Å². The van der Waals surface area contributed by atoms with E-state index in [1.807, 2.05) is 13.0 Å². The summed E-state index contributed by atoms with van der Waals surface area (Å²) in [6.07, 6.45) is 1.08. The van der Waals surface area contributed by atoms with E-state index >= 15 is 0 Å². The fraction of sp³-hybridized carbons (Fsp3) is 0.250. The van der Waals surface area contributed by atoms with E-state index in [4.69, 9.17) is 0 Å². The Morgan fingerprint density at radius 1 is 1.20 bits per heavy atom. The number of nitrogens with one attached hydrogen (secondary N) is 1. The highest BCUT2D eigenvalue weighted by molar-refractivity contribution is 7.17. The average Bonchev–Trinajstić information content (AvgIpc) is 2.92. The Kier molecular flexibility index (Phi) is 3.65. The van der Waals surface area contributed by atoms with Gasteiger partial charge in [-0.15, -0.1) is 11.3 Å². The van der Waals surface area contributed by atoms with Gasteiger partial charge in [0.2, 0.25) is 0 Å². The molecule has 0 radical (unpaired) electrons. The van der Waals surface area contributed by atoms with E-state index in [1.54, 1.807) is 11.3 Å². The molecule has 3 rings (SSSR count). The van der Waals surface area contributed by atoms with Crippen LogP contribution in [-0.4, -0.2) is 16.5 Å². The second-order valence-corrected chi connectivity index (χ2v) is 5.67. The number of fused-ring (bicyclic) bond motifs is 1. The quantitative estimate of drug-likeness (QED) is 0.766. The summed E-state index contributed by atoms with van der Waals surface area (Å²) < 4.78 is 1.28. The van der Waals surface area contributed by atoms with Crippen molar-refractivity contribution in [2.45, 2.75) is 20.3 Å². The van der Waals surface area contributed by atoms with Gasteiger partial charge in [-0.05, 0) is 30.2 Å². The average molecular weight is 283 g/mol. The molecule has 0 atom stereocenters. The maximum atomic E-state index is 4.60.